The average Bonchev–Trinajstić information content (AvgIpc) is 2.34. The second-order valence-electron chi connectivity index (χ2n) is 3.43. The normalized spacial score (nSPS) is 10.2. The van der Waals surface area contributed by atoms with Crippen LogP contribution >= 0.6 is 15.9 Å². The Morgan fingerprint density at radius 2 is 1.94 bits per heavy atom. The first-order valence-electron chi connectivity index (χ1n) is 4.95. The molecule has 0 spiro atoms. The van der Waals surface area contributed by atoms with Crippen molar-refractivity contribution in [2.24, 2.45) is 0 Å². The predicted octanol–water partition coefficient (Wildman–Crippen LogP) is 3.37. The summed E-state index contributed by atoms with van der Waals surface area (Å²) in [5.41, 5.74) is 0.342. The first-order chi connectivity index (χ1) is 8.56. The number of nitrogens with zero attached hydrogens (tertiary/aromatic N) is 1. The number of nitrogens with one attached hydrogen (secondary N) is 1. The number of halogens is 3. The van der Waals surface area contributed by atoms with Crippen LogP contribution in [0.25, 0.3) is 0 Å². The number of carbonyl (C=O) groups is 1. The molecule has 0 saturated carbocycles. The van der Waals surface area contributed by atoms with Crippen LogP contribution in [0.2, 0.25) is 0 Å². The summed E-state index contributed by atoms with van der Waals surface area (Å²) in [6.07, 6.45) is 0. The Morgan fingerprint density at radius 3 is 2.61 bits per heavy atom. The molecule has 2 rings (SSSR count). The number of anilines is 1. The topological polar surface area (TPSA) is 42.0 Å². The third-order valence-corrected chi connectivity index (χ3v) is 2.57. The molecule has 0 aliphatic heterocycles. The Bertz CT molecular complexity index is 604. The second kappa shape index (κ2) is 5.22. The van der Waals surface area contributed by atoms with Crippen molar-refractivity contribution < 1.29 is 13.6 Å². The van der Waals surface area contributed by atoms with Gasteiger partial charge >= 0.3 is 0 Å². The van der Waals surface area contributed by atoms with Gasteiger partial charge in [-0.15, -0.1) is 0 Å². The number of benzene rings is 1. The molecule has 0 aliphatic carbocycles. The zero-order valence-electron chi connectivity index (χ0n) is 8.95. The maximum absolute atomic E-state index is 12.9. The van der Waals surface area contributed by atoms with E-state index in [0.717, 1.165) is 12.1 Å². The van der Waals surface area contributed by atoms with Crippen molar-refractivity contribution in [2.45, 2.75) is 0 Å². The second-order valence-corrected chi connectivity index (χ2v) is 4.24. The van der Waals surface area contributed by atoms with E-state index in [-0.39, 0.29) is 11.4 Å². The molecule has 3 nitrogen and oxygen atoms in total. The van der Waals surface area contributed by atoms with Crippen LogP contribution in [0.1, 0.15) is 10.5 Å². The van der Waals surface area contributed by atoms with E-state index in [1.165, 1.54) is 12.1 Å². The smallest absolute Gasteiger partial charge is 0.274 e. The number of amides is 1. The van der Waals surface area contributed by atoms with E-state index < -0.39 is 17.5 Å². The fourth-order valence-corrected chi connectivity index (χ4v) is 1.65. The van der Waals surface area contributed by atoms with E-state index in [4.69, 9.17) is 0 Å². The van der Waals surface area contributed by atoms with Gasteiger partial charge in [-0.2, -0.15) is 0 Å². The highest BCUT2D eigenvalue weighted by Gasteiger charge is 2.09. The lowest BCUT2D eigenvalue weighted by Crippen LogP contribution is -2.13. The number of hydrogen-bond acceptors (Lipinski definition) is 2. The summed E-state index contributed by atoms with van der Waals surface area (Å²) in [7, 11) is 0. The van der Waals surface area contributed by atoms with Crippen LogP contribution in [0.15, 0.2) is 41.0 Å². The summed E-state index contributed by atoms with van der Waals surface area (Å²) in [6.45, 7) is 0. The highest BCUT2D eigenvalue weighted by Crippen LogP contribution is 2.14. The summed E-state index contributed by atoms with van der Waals surface area (Å²) >= 11 is 3.14. The number of hydrogen-bond donors (Lipinski definition) is 1. The molecular weight excluding hydrogens is 306 g/mol. The van der Waals surface area contributed by atoms with Crippen molar-refractivity contribution in [3.05, 3.63) is 58.3 Å². The quantitative estimate of drug-likeness (QED) is 0.864. The van der Waals surface area contributed by atoms with E-state index in [1.807, 2.05) is 0 Å². The minimum Gasteiger partial charge on any atom is -0.321 e. The Labute approximate surface area is 110 Å². The molecule has 0 atom stereocenters. The number of carbonyl (C=O) groups excluding carboxylic acids is 1. The lowest BCUT2D eigenvalue weighted by atomic mass is 10.2. The van der Waals surface area contributed by atoms with Gasteiger partial charge in [0.2, 0.25) is 0 Å². The van der Waals surface area contributed by atoms with Gasteiger partial charge in [0, 0.05) is 11.8 Å². The number of pyridine rings is 1. The SMILES string of the molecule is O=C(Nc1ccc(F)c(F)c1)c1cccc(Br)n1. The van der Waals surface area contributed by atoms with Gasteiger partial charge in [-0.1, -0.05) is 6.07 Å². The maximum Gasteiger partial charge on any atom is 0.274 e. The van der Waals surface area contributed by atoms with Crippen molar-refractivity contribution >= 4 is 27.5 Å². The van der Waals surface area contributed by atoms with E-state index in [1.54, 1.807) is 12.1 Å². The van der Waals surface area contributed by atoms with Gasteiger partial charge in [0.25, 0.3) is 5.91 Å². The molecule has 1 aromatic carbocycles. The molecule has 0 fully saturated rings. The van der Waals surface area contributed by atoms with Crippen LogP contribution < -0.4 is 5.32 Å². The third-order valence-electron chi connectivity index (χ3n) is 2.13. The lowest BCUT2D eigenvalue weighted by Gasteiger charge is -2.05. The summed E-state index contributed by atoms with van der Waals surface area (Å²) in [5.74, 6) is -2.48. The molecule has 1 aromatic heterocycles. The fourth-order valence-electron chi connectivity index (χ4n) is 1.30. The van der Waals surface area contributed by atoms with Gasteiger partial charge in [0.1, 0.15) is 10.3 Å². The van der Waals surface area contributed by atoms with Crippen molar-refractivity contribution in [2.75, 3.05) is 5.32 Å². The summed E-state index contributed by atoms with van der Waals surface area (Å²) in [6, 6.07) is 7.96. The van der Waals surface area contributed by atoms with Gasteiger partial charge < -0.3 is 5.32 Å². The Balaban J connectivity index is 2.18. The molecule has 6 heteroatoms. The first kappa shape index (κ1) is 12.6. The van der Waals surface area contributed by atoms with Crippen LogP contribution in [-0.2, 0) is 0 Å². The molecule has 1 heterocycles. The van der Waals surface area contributed by atoms with Gasteiger partial charge in [0.05, 0.1) is 0 Å². The minimum atomic E-state index is -1.02. The minimum absolute atomic E-state index is 0.167. The van der Waals surface area contributed by atoms with E-state index in [0.29, 0.717) is 4.60 Å². The molecule has 1 amide bonds. The van der Waals surface area contributed by atoms with Crippen LogP contribution in [0.4, 0.5) is 14.5 Å². The highest BCUT2D eigenvalue weighted by atomic mass is 79.9. The van der Waals surface area contributed by atoms with Gasteiger partial charge in [-0.3, -0.25) is 4.79 Å². The molecule has 1 N–H and O–H groups in total. The Morgan fingerprint density at radius 1 is 1.17 bits per heavy atom. The highest BCUT2D eigenvalue weighted by molar-refractivity contribution is 9.10. The van der Waals surface area contributed by atoms with Crippen molar-refractivity contribution in [1.29, 1.82) is 0 Å². The molecule has 92 valence electrons. The van der Waals surface area contributed by atoms with Crippen molar-refractivity contribution in [3.63, 3.8) is 0 Å². The van der Waals surface area contributed by atoms with Crippen LogP contribution in [0, 0.1) is 11.6 Å². The number of aromatic nitrogens is 1. The Hall–Kier alpha value is -1.82. The largest absolute Gasteiger partial charge is 0.321 e. The summed E-state index contributed by atoms with van der Waals surface area (Å²) in [4.78, 5) is 15.7. The standard InChI is InChI=1S/C12H7BrF2N2O/c13-11-3-1-2-10(17-11)12(18)16-7-4-5-8(14)9(15)6-7/h1-6H,(H,16,18). The monoisotopic (exact) mass is 312 g/mol. The molecule has 0 unspecified atom stereocenters. The molecule has 0 aliphatic rings. The predicted molar refractivity (Wildman–Crippen MR) is 66.2 cm³/mol. The lowest BCUT2D eigenvalue weighted by molar-refractivity contribution is 0.102. The van der Waals surface area contributed by atoms with E-state index in [2.05, 4.69) is 26.2 Å². The van der Waals surface area contributed by atoms with Gasteiger partial charge in [-0.25, -0.2) is 13.8 Å². The Kier molecular flexibility index (Phi) is 3.66. The van der Waals surface area contributed by atoms with Crippen LogP contribution in [-0.4, -0.2) is 10.9 Å². The maximum atomic E-state index is 12.9. The molecule has 0 radical (unpaired) electrons. The molecule has 18 heavy (non-hydrogen) atoms. The first-order valence-corrected chi connectivity index (χ1v) is 5.74. The summed E-state index contributed by atoms with van der Waals surface area (Å²) in [5, 5.41) is 2.42. The van der Waals surface area contributed by atoms with Crippen molar-refractivity contribution in [3.8, 4) is 0 Å². The van der Waals surface area contributed by atoms with E-state index in [9.17, 15) is 13.6 Å². The van der Waals surface area contributed by atoms with Crippen LogP contribution in [0.5, 0.6) is 0 Å². The van der Waals surface area contributed by atoms with Crippen molar-refractivity contribution in [1.82, 2.24) is 4.98 Å². The molecular formula is C12H7BrF2N2O. The number of rotatable bonds is 2. The summed E-state index contributed by atoms with van der Waals surface area (Å²) < 4.78 is 26.2. The van der Waals surface area contributed by atoms with E-state index >= 15 is 0 Å². The molecule has 0 saturated heterocycles. The van der Waals surface area contributed by atoms with Gasteiger partial charge in [-0.05, 0) is 40.2 Å². The zero-order valence-corrected chi connectivity index (χ0v) is 10.5. The molecule has 0 bridgehead atoms. The van der Waals surface area contributed by atoms with Gasteiger partial charge in [0.15, 0.2) is 11.6 Å². The fraction of sp³-hybridized carbons (Fsp3) is 0. The molecule has 2 aromatic rings. The average molecular weight is 313 g/mol. The van der Waals surface area contributed by atoms with Crippen LogP contribution in [0.3, 0.4) is 0 Å². The zero-order chi connectivity index (χ0) is 13.1. The third kappa shape index (κ3) is 2.89.